The predicted octanol–water partition coefficient (Wildman–Crippen LogP) is 3.61. The van der Waals surface area contributed by atoms with Gasteiger partial charge in [0.15, 0.2) is 0 Å². The second kappa shape index (κ2) is 6.13. The number of aromatic nitrogens is 2. The standard InChI is InChI=1S/C18H21ClN4O/c1-22-11-12(10-20-22)17-6-3-9-23(17)18(24)21-16-8-7-13-14(16)4-2-5-15(13)19/h2,4-5,10-11,16-17H,3,6-9H2,1H3,(H,21,24)/t16-,17-/m0/s1. The van der Waals surface area contributed by atoms with Crippen molar-refractivity contribution < 1.29 is 4.79 Å². The Morgan fingerprint density at radius 3 is 3.04 bits per heavy atom. The van der Waals surface area contributed by atoms with Gasteiger partial charge >= 0.3 is 6.03 Å². The summed E-state index contributed by atoms with van der Waals surface area (Å²) >= 11 is 6.27. The molecule has 0 radical (unpaired) electrons. The zero-order valence-corrected chi connectivity index (χ0v) is 14.5. The number of rotatable bonds is 2. The van der Waals surface area contributed by atoms with Gasteiger partial charge in [0.25, 0.3) is 0 Å². The van der Waals surface area contributed by atoms with Crippen molar-refractivity contribution in [3.63, 3.8) is 0 Å². The van der Waals surface area contributed by atoms with Gasteiger partial charge in [0.05, 0.1) is 18.3 Å². The van der Waals surface area contributed by atoms with Crippen molar-refractivity contribution in [3.05, 3.63) is 52.3 Å². The van der Waals surface area contributed by atoms with Crippen LogP contribution < -0.4 is 5.32 Å². The number of aryl methyl sites for hydroxylation is 1. The number of carbonyl (C=O) groups excluding carboxylic acids is 1. The minimum absolute atomic E-state index is 0.0131. The van der Waals surface area contributed by atoms with E-state index in [0.717, 1.165) is 48.4 Å². The molecule has 1 fully saturated rings. The fourth-order valence-electron chi connectivity index (χ4n) is 3.96. The molecular formula is C18H21ClN4O. The number of nitrogens with zero attached hydrogens (tertiary/aromatic N) is 3. The number of hydrogen-bond acceptors (Lipinski definition) is 2. The van der Waals surface area contributed by atoms with Gasteiger partial charge in [-0.3, -0.25) is 4.68 Å². The second-order valence-electron chi connectivity index (χ2n) is 6.65. The van der Waals surface area contributed by atoms with E-state index >= 15 is 0 Å². The first-order valence-electron chi connectivity index (χ1n) is 8.46. The zero-order valence-electron chi connectivity index (χ0n) is 13.7. The summed E-state index contributed by atoms with van der Waals surface area (Å²) in [5, 5.41) is 8.26. The first kappa shape index (κ1) is 15.5. The normalized spacial score (nSPS) is 22.7. The first-order valence-corrected chi connectivity index (χ1v) is 8.84. The number of fused-ring (bicyclic) bond motifs is 1. The van der Waals surface area contributed by atoms with Gasteiger partial charge in [0.2, 0.25) is 0 Å². The van der Waals surface area contributed by atoms with Crippen LogP contribution in [0.1, 0.15) is 48.0 Å². The van der Waals surface area contributed by atoms with Gasteiger partial charge < -0.3 is 10.2 Å². The van der Waals surface area contributed by atoms with Gasteiger partial charge in [-0.1, -0.05) is 23.7 Å². The Labute approximate surface area is 146 Å². The molecule has 6 heteroatoms. The third-order valence-corrected chi connectivity index (χ3v) is 5.49. The van der Waals surface area contributed by atoms with Crippen LogP contribution in [0.15, 0.2) is 30.6 Å². The van der Waals surface area contributed by atoms with E-state index in [0.29, 0.717) is 0 Å². The molecule has 1 aromatic heterocycles. The molecule has 5 nitrogen and oxygen atoms in total. The van der Waals surface area contributed by atoms with Gasteiger partial charge in [0.1, 0.15) is 0 Å². The molecule has 126 valence electrons. The molecular weight excluding hydrogens is 324 g/mol. The largest absolute Gasteiger partial charge is 0.331 e. The number of hydrogen-bond donors (Lipinski definition) is 1. The quantitative estimate of drug-likeness (QED) is 0.904. The first-order chi connectivity index (χ1) is 11.6. The Morgan fingerprint density at radius 1 is 1.38 bits per heavy atom. The molecule has 24 heavy (non-hydrogen) atoms. The Balaban J connectivity index is 1.50. The van der Waals surface area contributed by atoms with Crippen molar-refractivity contribution in [2.75, 3.05) is 6.54 Å². The molecule has 1 aliphatic carbocycles. The van der Waals surface area contributed by atoms with E-state index in [1.165, 1.54) is 5.56 Å². The Morgan fingerprint density at radius 2 is 2.25 bits per heavy atom. The van der Waals surface area contributed by atoms with E-state index in [1.807, 2.05) is 36.5 Å². The average Bonchev–Trinajstić information content (AvgIpc) is 3.27. The second-order valence-corrected chi connectivity index (χ2v) is 7.05. The van der Waals surface area contributed by atoms with Crippen molar-refractivity contribution in [3.8, 4) is 0 Å². The summed E-state index contributed by atoms with van der Waals surface area (Å²) in [6.45, 7) is 0.792. The molecule has 0 bridgehead atoms. The molecule has 1 aliphatic heterocycles. The summed E-state index contributed by atoms with van der Waals surface area (Å²) in [5.74, 6) is 0. The maximum Gasteiger partial charge on any atom is 0.318 e. The molecule has 2 amide bonds. The fraction of sp³-hybridized carbons (Fsp3) is 0.444. The van der Waals surface area contributed by atoms with E-state index in [1.54, 1.807) is 4.68 Å². The minimum atomic E-state index is 0.0131. The molecule has 1 aromatic carbocycles. The van der Waals surface area contributed by atoms with E-state index in [2.05, 4.69) is 16.5 Å². The highest BCUT2D eigenvalue weighted by atomic mass is 35.5. The Bertz CT molecular complexity index is 772. The summed E-state index contributed by atoms with van der Waals surface area (Å²) in [4.78, 5) is 14.8. The van der Waals surface area contributed by atoms with Gasteiger partial charge in [-0.2, -0.15) is 5.10 Å². The predicted molar refractivity (Wildman–Crippen MR) is 92.9 cm³/mol. The van der Waals surface area contributed by atoms with Crippen molar-refractivity contribution >= 4 is 17.6 Å². The Hall–Kier alpha value is -2.01. The van der Waals surface area contributed by atoms with Crippen LogP contribution in [0.2, 0.25) is 5.02 Å². The lowest BCUT2D eigenvalue weighted by Crippen LogP contribution is -2.40. The summed E-state index contributed by atoms with van der Waals surface area (Å²) in [7, 11) is 1.90. The topological polar surface area (TPSA) is 50.2 Å². The highest BCUT2D eigenvalue weighted by Gasteiger charge is 2.33. The number of carbonyl (C=O) groups is 1. The van der Waals surface area contributed by atoms with Crippen LogP contribution in [0, 0.1) is 0 Å². The third-order valence-electron chi connectivity index (χ3n) is 5.13. The molecule has 0 spiro atoms. The van der Waals surface area contributed by atoms with Crippen molar-refractivity contribution in [1.82, 2.24) is 20.0 Å². The van der Waals surface area contributed by atoms with E-state index < -0.39 is 0 Å². The molecule has 1 saturated heterocycles. The van der Waals surface area contributed by atoms with Crippen molar-refractivity contribution in [2.24, 2.45) is 7.05 Å². The molecule has 2 heterocycles. The monoisotopic (exact) mass is 344 g/mol. The van der Waals surface area contributed by atoms with E-state index in [4.69, 9.17) is 11.6 Å². The van der Waals surface area contributed by atoms with Crippen LogP contribution in [0.3, 0.4) is 0 Å². The van der Waals surface area contributed by atoms with Crippen LogP contribution in [0.25, 0.3) is 0 Å². The number of amides is 2. The van der Waals surface area contributed by atoms with Crippen LogP contribution in [0.5, 0.6) is 0 Å². The number of nitrogens with one attached hydrogen (secondary N) is 1. The van der Waals surface area contributed by atoms with Crippen molar-refractivity contribution in [2.45, 2.75) is 37.8 Å². The van der Waals surface area contributed by atoms with Crippen LogP contribution in [0.4, 0.5) is 4.79 Å². The molecule has 4 rings (SSSR count). The molecule has 1 N–H and O–H groups in total. The Kier molecular flexibility index (Phi) is 3.96. The highest BCUT2D eigenvalue weighted by Crippen LogP contribution is 2.37. The van der Waals surface area contributed by atoms with E-state index in [9.17, 15) is 4.79 Å². The number of likely N-dealkylation sites (tertiary alicyclic amines) is 1. The lowest BCUT2D eigenvalue weighted by Gasteiger charge is -2.26. The van der Waals surface area contributed by atoms with Gasteiger partial charge in [-0.25, -0.2) is 4.79 Å². The van der Waals surface area contributed by atoms with Crippen molar-refractivity contribution in [1.29, 1.82) is 0 Å². The van der Waals surface area contributed by atoms with Gasteiger partial charge in [-0.15, -0.1) is 0 Å². The smallest absolute Gasteiger partial charge is 0.318 e. The maximum atomic E-state index is 12.8. The summed E-state index contributed by atoms with van der Waals surface area (Å²) in [6, 6.07) is 6.14. The number of benzene rings is 1. The third kappa shape index (κ3) is 2.67. The number of urea groups is 1. The maximum absolute atomic E-state index is 12.8. The van der Waals surface area contributed by atoms with Crippen LogP contribution >= 0.6 is 11.6 Å². The fourth-order valence-corrected chi connectivity index (χ4v) is 4.24. The molecule has 0 unspecified atom stereocenters. The lowest BCUT2D eigenvalue weighted by molar-refractivity contribution is 0.189. The average molecular weight is 345 g/mol. The van der Waals surface area contributed by atoms with Gasteiger partial charge in [0, 0.05) is 30.4 Å². The van der Waals surface area contributed by atoms with Crippen LogP contribution in [-0.4, -0.2) is 27.3 Å². The summed E-state index contributed by atoms with van der Waals surface area (Å²) in [5.41, 5.74) is 3.45. The highest BCUT2D eigenvalue weighted by molar-refractivity contribution is 6.31. The molecule has 2 aliphatic rings. The van der Waals surface area contributed by atoms with Crippen LogP contribution in [-0.2, 0) is 13.5 Å². The molecule has 2 atom stereocenters. The summed E-state index contributed by atoms with van der Waals surface area (Å²) < 4.78 is 1.79. The summed E-state index contributed by atoms with van der Waals surface area (Å²) in [6.07, 6.45) is 7.72. The molecule has 2 aromatic rings. The minimum Gasteiger partial charge on any atom is -0.331 e. The number of halogens is 1. The van der Waals surface area contributed by atoms with Gasteiger partial charge in [-0.05, 0) is 42.9 Å². The molecule has 0 saturated carbocycles. The lowest BCUT2D eigenvalue weighted by atomic mass is 10.1. The zero-order chi connectivity index (χ0) is 16.7. The van der Waals surface area contributed by atoms with E-state index in [-0.39, 0.29) is 18.1 Å². The SMILES string of the molecule is Cn1cc([C@@H]2CCCN2C(=O)N[C@H]2CCc3c(Cl)cccc32)cn1.